The van der Waals surface area contributed by atoms with Crippen molar-refractivity contribution in [3.05, 3.63) is 22.9 Å². The van der Waals surface area contributed by atoms with Crippen LogP contribution >= 0.6 is 22.7 Å². The summed E-state index contributed by atoms with van der Waals surface area (Å²) >= 11 is 3.61. The zero-order valence-electron chi connectivity index (χ0n) is 4.13. The van der Waals surface area contributed by atoms with Crippen LogP contribution in [0.25, 0.3) is 9.40 Å². The molecule has 0 atom stereocenters. The molecule has 0 N–H and O–H groups in total. The van der Waals surface area contributed by atoms with E-state index in [1.807, 2.05) is 0 Å². The molecule has 46 valence electrons. The van der Waals surface area contributed by atoms with E-state index in [4.69, 9.17) is 0 Å². The number of hydrogen-bond acceptors (Lipinski definition) is 2. The quantitative estimate of drug-likeness (QED) is 0.507. The van der Waals surface area contributed by atoms with Gasteiger partial charge in [0.2, 0.25) is 0 Å². The fourth-order valence-electron chi connectivity index (χ4n) is 0.697. The first-order chi connectivity index (χ1) is 3.97. The molecule has 2 heterocycles. The zero-order valence-corrected chi connectivity index (χ0v) is 5.76. The topological polar surface area (TPSA) is 0 Å². The SMILES string of the molecule is B.c1cc2sccc2s1. The molecular formula is C6H7BS2. The van der Waals surface area contributed by atoms with Gasteiger partial charge in [0, 0.05) is 9.40 Å². The maximum Gasteiger partial charge on any atom is 0.0814 e. The third-order valence-corrected chi connectivity index (χ3v) is 2.97. The summed E-state index contributed by atoms with van der Waals surface area (Å²) in [4.78, 5) is 0. The van der Waals surface area contributed by atoms with Crippen molar-refractivity contribution in [2.45, 2.75) is 0 Å². The van der Waals surface area contributed by atoms with Gasteiger partial charge in [-0.15, -0.1) is 22.7 Å². The molecular weight excluding hydrogens is 147 g/mol. The largest absolute Gasteiger partial charge is 0.143 e. The van der Waals surface area contributed by atoms with E-state index in [-0.39, 0.29) is 8.41 Å². The van der Waals surface area contributed by atoms with Gasteiger partial charge in [0.15, 0.2) is 0 Å². The molecule has 9 heavy (non-hydrogen) atoms. The highest BCUT2D eigenvalue weighted by Crippen LogP contribution is 2.25. The number of thiophene rings is 2. The molecule has 0 radical (unpaired) electrons. The monoisotopic (exact) mass is 154 g/mol. The number of fused-ring (bicyclic) bond motifs is 1. The number of rotatable bonds is 0. The van der Waals surface area contributed by atoms with E-state index < -0.39 is 0 Å². The Morgan fingerprint density at radius 2 is 1.33 bits per heavy atom. The van der Waals surface area contributed by atoms with Gasteiger partial charge < -0.3 is 0 Å². The molecule has 2 aromatic heterocycles. The maximum atomic E-state index is 2.16. The zero-order chi connectivity index (χ0) is 5.40. The molecule has 0 unspecified atom stereocenters. The summed E-state index contributed by atoms with van der Waals surface area (Å²) in [6, 6.07) is 4.31. The van der Waals surface area contributed by atoms with Crippen LogP contribution in [0.2, 0.25) is 0 Å². The second kappa shape index (κ2) is 2.54. The van der Waals surface area contributed by atoms with Crippen LogP contribution in [0.15, 0.2) is 22.9 Å². The number of hydrogen-bond donors (Lipinski definition) is 0. The average molecular weight is 154 g/mol. The van der Waals surface area contributed by atoms with E-state index in [2.05, 4.69) is 22.9 Å². The lowest BCUT2D eigenvalue weighted by atomic mass is 10.5. The van der Waals surface area contributed by atoms with Gasteiger partial charge in [-0.05, 0) is 22.9 Å². The molecule has 0 aliphatic heterocycles. The maximum absolute atomic E-state index is 2.16. The second-order valence-corrected chi connectivity index (χ2v) is 3.47. The molecule has 0 saturated heterocycles. The first kappa shape index (κ1) is 6.84. The van der Waals surface area contributed by atoms with E-state index in [1.54, 1.807) is 22.7 Å². The molecule has 0 spiro atoms. The smallest absolute Gasteiger partial charge is 0.0814 e. The molecule has 0 bridgehead atoms. The Kier molecular flexibility index (Phi) is 1.93. The van der Waals surface area contributed by atoms with Crippen LogP contribution in [-0.2, 0) is 0 Å². The van der Waals surface area contributed by atoms with Crippen LogP contribution in [-0.4, -0.2) is 8.41 Å². The van der Waals surface area contributed by atoms with Gasteiger partial charge in [-0.25, -0.2) is 0 Å². The Morgan fingerprint density at radius 1 is 0.889 bits per heavy atom. The van der Waals surface area contributed by atoms with E-state index in [0.29, 0.717) is 0 Å². The van der Waals surface area contributed by atoms with Crippen LogP contribution in [0.5, 0.6) is 0 Å². The van der Waals surface area contributed by atoms with Gasteiger partial charge in [0.1, 0.15) is 0 Å². The van der Waals surface area contributed by atoms with Gasteiger partial charge in [0.05, 0.1) is 8.41 Å². The Bertz CT molecular complexity index is 232. The van der Waals surface area contributed by atoms with Crippen molar-refractivity contribution in [1.29, 1.82) is 0 Å². The Balaban J connectivity index is 0.000000405. The first-order valence-electron chi connectivity index (χ1n) is 2.37. The van der Waals surface area contributed by atoms with E-state index in [1.165, 1.54) is 9.40 Å². The van der Waals surface area contributed by atoms with Gasteiger partial charge in [-0.1, -0.05) is 0 Å². The molecule has 0 aliphatic rings. The normalized spacial score (nSPS) is 9.33. The predicted octanol–water partition coefficient (Wildman–Crippen LogP) is 1.78. The van der Waals surface area contributed by atoms with Gasteiger partial charge >= 0.3 is 0 Å². The Labute approximate surface area is 63.7 Å². The standard InChI is InChI=1S/C6H4S2.BH3/c1-3-7-6-2-4-8-5(1)6;/h1-4H;1H3. The highest BCUT2D eigenvalue weighted by atomic mass is 32.1. The average Bonchev–Trinajstić information content (AvgIpc) is 2.15. The van der Waals surface area contributed by atoms with Crippen LogP contribution in [0.3, 0.4) is 0 Å². The van der Waals surface area contributed by atoms with Crippen molar-refractivity contribution in [3.8, 4) is 0 Å². The summed E-state index contributed by atoms with van der Waals surface area (Å²) in [5.41, 5.74) is 0. The van der Waals surface area contributed by atoms with Crippen molar-refractivity contribution >= 4 is 40.5 Å². The minimum atomic E-state index is 0. The highest BCUT2D eigenvalue weighted by Gasteiger charge is 1.90. The lowest BCUT2D eigenvalue weighted by molar-refractivity contribution is 2.24. The fraction of sp³-hybridized carbons (Fsp3) is 0. The molecule has 2 aromatic rings. The Morgan fingerprint density at radius 3 is 1.78 bits per heavy atom. The van der Waals surface area contributed by atoms with Crippen LogP contribution in [0.4, 0.5) is 0 Å². The third kappa shape index (κ3) is 1.02. The lowest BCUT2D eigenvalue weighted by Gasteiger charge is -1.63. The van der Waals surface area contributed by atoms with Gasteiger partial charge in [0.25, 0.3) is 0 Å². The summed E-state index contributed by atoms with van der Waals surface area (Å²) in [6.45, 7) is 0. The summed E-state index contributed by atoms with van der Waals surface area (Å²) in [7, 11) is 0. The lowest BCUT2D eigenvalue weighted by Crippen LogP contribution is -1.33. The molecule has 0 aliphatic carbocycles. The van der Waals surface area contributed by atoms with Crippen molar-refractivity contribution in [1.82, 2.24) is 0 Å². The van der Waals surface area contributed by atoms with Crippen molar-refractivity contribution in [2.24, 2.45) is 0 Å². The molecule has 0 fully saturated rings. The molecule has 2 rings (SSSR count). The highest BCUT2D eigenvalue weighted by molar-refractivity contribution is 7.25. The summed E-state index contributed by atoms with van der Waals surface area (Å²) in [6.07, 6.45) is 0. The molecule has 3 heteroatoms. The van der Waals surface area contributed by atoms with E-state index >= 15 is 0 Å². The molecule has 0 amide bonds. The molecule has 0 nitrogen and oxygen atoms in total. The van der Waals surface area contributed by atoms with Gasteiger partial charge in [-0.3, -0.25) is 0 Å². The van der Waals surface area contributed by atoms with E-state index in [0.717, 1.165) is 0 Å². The van der Waals surface area contributed by atoms with Crippen molar-refractivity contribution in [2.75, 3.05) is 0 Å². The third-order valence-electron chi connectivity index (χ3n) is 1.07. The van der Waals surface area contributed by atoms with Crippen LogP contribution < -0.4 is 0 Å². The summed E-state index contributed by atoms with van der Waals surface area (Å²) in [5.74, 6) is 0. The van der Waals surface area contributed by atoms with Crippen LogP contribution in [0.1, 0.15) is 0 Å². The minimum absolute atomic E-state index is 0. The second-order valence-electron chi connectivity index (χ2n) is 1.57. The fourth-order valence-corrected chi connectivity index (χ4v) is 2.52. The van der Waals surface area contributed by atoms with Crippen LogP contribution in [0, 0.1) is 0 Å². The summed E-state index contributed by atoms with van der Waals surface area (Å²) in [5, 5.41) is 4.25. The van der Waals surface area contributed by atoms with E-state index in [9.17, 15) is 0 Å². The summed E-state index contributed by atoms with van der Waals surface area (Å²) < 4.78 is 2.82. The Hall–Kier alpha value is -0.275. The molecule has 0 saturated carbocycles. The predicted molar refractivity (Wildman–Crippen MR) is 49.6 cm³/mol. The van der Waals surface area contributed by atoms with Crippen molar-refractivity contribution < 1.29 is 0 Å². The van der Waals surface area contributed by atoms with Crippen molar-refractivity contribution in [3.63, 3.8) is 0 Å². The minimum Gasteiger partial charge on any atom is -0.143 e. The molecule has 0 aromatic carbocycles. The first-order valence-corrected chi connectivity index (χ1v) is 4.13. The van der Waals surface area contributed by atoms with Gasteiger partial charge in [-0.2, -0.15) is 0 Å².